The van der Waals surface area contributed by atoms with Crippen LogP contribution in [0.1, 0.15) is 54.2 Å². The number of aliphatic hydroxyl groups is 1. The molecule has 2 aromatic carbocycles. The Morgan fingerprint density at radius 3 is 2.17 bits per heavy atom. The highest BCUT2D eigenvalue weighted by atomic mass is 16.3. The highest BCUT2D eigenvalue weighted by molar-refractivity contribution is 5.87. The third-order valence-electron chi connectivity index (χ3n) is 5.72. The van der Waals surface area contributed by atoms with Gasteiger partial charge in [0.15, 0.2) is 0 Å². The molecule has 6 N–H and O–H groups in total. The predicted octanol–water partition coefficient (Wildman–Crippen LogP) is 3.26. The Balaban J connectivity index is 0.000000211. The first-order valence-corrected chi connectivity index (χ1v) is 10.4. The monoisotopic (exact) mass is 410 g/mol. The molecule has 3 aromatic rings. The van der Waals surface area contributed by atoms with E-state index in [2.05, 4.69) is 36.7 Å². The number of aryl methyl sites for hydroxylation is 4. The fourth-order valence-corrected chi connectivity index (χ4v) is 4.09. The predicted molar refractivity (Wildman–Crippen MR) is 123 cm³/mol. The molecular formula is C25H34N2O3. The number of benzene rings is 2. The minimum absolute atomic E-state index is 0. The zero-order valence-corrected chi connectivity index (χ0v) is 18.3. The van der Waals surface area contributed by atoms with E-state index in [1.807, 2.05) is 0 Å². The van der Waals surface area contributed by atoms with E-state index in [4.69, 9.17) is 0 Å². The summed E-state index contributed by atoms with van der Waals surface area (Å²) in [6.07, 6.45) is 5.67. The number of hydrogen-bond acceptors (Lipinski definition) is 3. The third kappa shape index (κ3) is 4.91. The van der Waals surface area contributed by atoms with Crippen molar-refractivity contribution < 1.29 is 15.9 Å². The van der Waals surface area contributed by atoms with Crippen molar-refractivity contribution in [3.8, 4) is 5.75 Å². The first-order chi connectivity index (χ1) is 14.0. The molecule has 0 bridgehead atoms. The van der Waals surface area contributed by atoms with Crippen LogP contribution in [0.4, 0.5) is 0 Å². The molecule has 1 heterocycles. The van der Waals surface area contributed by atoms with Crippen molar-refractivity contribution in [2.24, 2.45) is 0 Å². The number of rotatable bonds is 4. The summed E-state index contributed by atoms with van der Waals surface area (Å²) in [4.78, 5) is 13.7. The largest absolute Gasteiger partial charge is 0.506 e. The average Bonchev–Trinajstić information content (AvgIpc) is 3.20. The number of fused-ring (bicyclic) bond motifs is 2. The zero-order chi connectivity index (χ0) is 21.0. The van der Waals surface area contributed by atoms with Crippen LogP contribution in [-0.2, 0) is 25.7 Å². The van der Waals surface area contributed by atoms with Crippen molar-refractivity contribution >= 4 is 10.9 Å². The molecule has 0 saturated carbocycles. The van der Waals surface area contributed by atoms with E-state index in [0.717, 1.165) is 0 Å². The minimum atomic E-state index is -0.700. The lowest BCUT2D eigenvalue weighted by atomic mass is 9.97. The Bertz CT molecular complexity index is 1030. The SMILES string of the molecule is CCc1cc2c(cc1CC)CCC2.[CH3-].[NH3+]C[C@H](O)c1ccc(O)c2[nH]c(=O)ccc12. The molecule has 0 radical (unpaired) electrons. The van der Waals surface area contributed by atoms with E-state index >= 15 is 0 Å². The maximum absolute atomic E-state index is 11.1. The molecule has 4 rings (SSSR count). The van der Waals surface area contributed by atoms with Crippen LogP contribution in [0.5, 0.6) is 5.75 Å². The smallest absolute Gasteiger partial charge is 0.248 e. The minimum Gasteiger partial charge on any atom is -0.506 e. The number of aromatic amines is 1. The molecule has 5 heteroatoms. The van der Waals surface area contributed by atoms with Crippen LogP contribution >= 0.6 is 0 Å². The molecule has 1 aliphatic carbocycles. The molecule has 1 aliphatic rings. The molecule has 0 fully saturated rings. The number of aromatic nitrogens is 1. The molecule has 0 saturated heterocycles. The maximum atomic E-state index is 11.1. The molecule has 30 heavy (non-hydrogen) atoms. The summed E-state index contributed by atoms with van der Waals surface area (Å²) in [5.41, 5.74) is 10.7. The van der Waals surface area contributed by atoms with Gasteiger partial charge in [-0.2, -0.15) is 0 Å². The Labute approximate surface area is 178 Å². The van der Waals surface area contributed by atoms with Gasteiger partial charge in [-0.05, 0) is 72.1 Å². The van der Waals surface area contributed by atoms with Gasteiger partial charge in [0, 0.05) is 11.5 Å². The van der Waals surface area contributed by atoms with Gasteiger partial charge in [-0.1, -0.05) is 32.0 Å². The summed E-state index contributed by atoms with van der Waals surface area (Å²) in [5.74, 6) is -0.00675. The third-order valence-corrected chi connectivity index (χ3v) is 5.72. The van der Waals surface area contributed by atoms with Crippen LogP contribution in [-0.4, -0.2) is 21.7 Å². The number of H-pyrrole nitrogens is 1. The lowest BCUT2D eigenvalue weighted by molar-refractivity contribution is -0.385. The lowest BCUT2D eigenvalue weighted by Gasteiger charge is -2.10. The molecule has 1 aromatic heterocycles. The van der Waals surface area contributed by atoms with Crippen LogP contribution in [0, 0.1) is 7.43 Å². The van der Waals surface area contributed by atoms with Crippen molar-refractivity contribution in [3.63, 3.8) is 0 Å². The van der Waals surface area contributed by atoms with Gasteiger partial charge in [-0.25, -0.2) is 0 Å². The van der Waals surface area contributed by atoms with Gasteiger partial charge in [0.1, 0.15) is 18.4 Å². The second-order valence-electron chi connectivity index (χ2n) is 7.54. The number of pyridine rings is 1. The molecule has 162 valence electrons. The van der Waals surface area contributed by atoms with E-state index < -0.39 is 6.10 Å². The van der Waals surface area contributed by atoms with E-state index in [1.54, 1.807) is 34.4 Å². The molecule has 0 aliphatic heterocycles. The van der Waals surface area contributed by atoms with Crippen LogP contribution in [0.25, 0.3) is 10.9 Å². The summed E-state index contributed by atoms with van der Waals surface area (Å²) in [7, 11) is 0. The van der Waals surface area contributed by atoms with E-state index in [-0.39, 0.29) is 18.7 Å². The number of phenols is 1. The van der Waals surface area contributed by atoms with Crippen LogP contribution < -0.4 is 11.3 Å². The van der Waals surface area contributed by atoms with Crippen LogP contribution in [0.3, 0.4) is 0 Å². The Morgan fingerprint density at radius 2 is 1.63 bits per heavy atom. The number of nitrogens with one attached hydrogen (secondary N) is 1. The first kappa shape index (κ1) is 23.6. The van der Waals surface area contributed by atoms with Crippen molar-refractivity contribution in [2.75, 3.05) is 6.54 Å². The summed E-state index contributed by atoms with van der Waals surface area (Å²) >= 11 is 0. The van der Waals surface area contributed by atoms with Gasteiger partial charge in [0.2, 0.25) is 5.56 Å². The fourth-order valence-electron chi connectivity index (χ4n) is 4.09. The van der Waals surface area contributed by atoms with Gasteiger partial charge in [-0.15, -0.1) is 0 Å². The normalized spacial score (nSPS) is 13.2. The Morgan fingerprint density at radius 1 is 1.03 bits per heavy atom. The first-order valence-electron chi connectivity index (χ1n) is 10.4. The molecule has 5 nitrogen and oxygen atoms in total. The lowest BCUT2D eigenvalue weighted by Crippen LogP contribution is -2.52. The number of aromatic hydroxyl groups is 1. The van der Waals surface area contributed by atoms with E-state index in [9.17, 15) is 15.0 Å². The number of aliphatic hydroxyl groups excluding tert-OH is 1. The van der Waals surface area contributed by atoms with E-state index in [1.165, 1.54) is 44.2 Å². The van der Waals surface area contributed by atoms with Crippen molar-refractivity contribution in [3.05, 3.63) is 82.0 Å². The molecule has 0 unspecified atom stereocenters. The summed E-state index contributed by atoms with van der Waals surface area (Å²) in [5, 5.41) is 20.0. The van der Waals surface area contributed by atoms with Crippen molar-refractivity contribution in [1.29, 1.82) is 0 Å². The second-order valence-corrected chi connectivity index (χ2v) is 7.54. The highest BCUT2D eigenvalue weighted by Crippen LogP contribution is 2.28. The summed E-state index contributed by atoms with van der Waals surface area (Å²) in [6, 6.07) is 10.9. The van der Waals surface area contributed by atoms with E-state index in [0.29, 0.717) is 23.0 Å². The summed E-state index contributed by atoms with van der Waals surface area (Å²) < 4.78 is 0. The zero-order valence-electron chi connectivity index (χ0n) is 18.3. The average molecular weight is 411 g/mol. The van der Waals surface area contributed by atoms with Crippen LogP contribution in [0.15, 0.2) is 41.2 Å². The highest BCUT2D eigenvalue weighted by Gasteiger charge is 2.14. The Hall–Kier alpha value is -2.63. The molecule has 0 amide bonds. The topological polar surface area (TPSA) is 101 Å². The van der Waals surface area contributed by atoms with Gasteiger partial charge >= 0.3 is 0 Å². The fraction of sp³-hybridized carbons (Fsp3) is 0.360. The number of hydrogen-bond donors (Lipinski definition) is 4. The van der Waals surface area contributed by atoms with Crippen molar-refractivity contribution in [1.82, 2.24) is 4.98 Å². The number of quaternary nitrogens is 1. The second kappa shape index (κ2) is 10.4. The van der Waals surface area contributed by atoms with Gasteiger partial charge < -0.3 is 28.4 Å². The molecule has 1 atom stereocenters. The van der Waals surface area contributed by atoms with Crippen LogP contribution in [0.2, 0.25) is 0 Å². The quantitative estimate of drug-likeness (QED) is 0.497. The molecular weight excluding hydrogens is 376 g/mol. The van der Waals surface area contributed by atoms with Crippen molar-refractivity contribution in [2.45, 2.75) is 52.1 Å². The molecule has 0 spiro atoms. The number of phenolic OH excluding ortho intramolecular Hbond substituents is 1. The van der Waals surface area contributed by atoms with Gasteiger partial charge in [-0.3, -0.25) is 4.79 Å². The van der Waals surface area contributed by atoms with Gasteiger partial charge in [0.05, 0.1) is 5.52 Å². The standard InChI is InChI=1S/C13H18.C11H12N2O3.CH3/c1-3-10-8-12-6-5-7-13(12)9-11(10)4-2;12-5-9(15)6-1-3-8(14)11-7(6)2-4-10(16)13-11;/h8-9H,3-7H2,1-2H3;1-4,9,14-15H,5,12H2,(H,13,16);1H3/q;;-1/p+1/t;9-;/m.0./s1. The van der Waals surface area contributed by atoms with Gasteiger partial charge in [0.25, 0.3) is 0 Å². The maximum Gasteiger partial charge on any atom is 0.248 e. The Kier molecular flexibility index (Phi) is 8.21. The summed E-state index contributed by atoms with van der Waals surface area (Å²) in [6.45, 7) is 4.85.